The Hall–Kier alpha value is -2.57. The van der Waals surface area contributed by atoms with Crippen molar-refractivity contribution in [2.24, 2.45) is 0 Å². The lowest BCUT2D eigenvalue weighted by Gasteiger charge is -2.29. The molecule has 2 amide bonds. The number of carbonyl (C=O) groups excluding carboxylic acids is 3. The number of nitrogens with one attached hydrogen (secondary N) is 1. The van der Waals surface area contributed by atoms with E-state index in [9.17, 15) is 14.4 Å². The van der Waals surface area contributed by atoms with Crippen LogP contribution in [0.3, 0.4) is 0 Å². The highest BCUT2D eigenvalue weighted by atomic mass is 16.5. The summed E-state index contributed by atoms with van der Waals surface area (Å²) in [5, 5.41) is 2.71. The number of rotatable bonds is 6. The van der Waals surface area contributed by atoms with E-state index >= 15 is 0 Å². The van der Waals surface area contributed by atoms with E-state index in [0.29, 0.717) is 23.7 Å². The molecule has 0 aliphatic carbocycles. The number of benzene rings is 1. The van der Waals surface area contributed by atoms with E-state index in [4.69, 9.17) is 4.74 Å². The Labute approximate surface area is 134 Å². The van der Waals surface area contributed by atoms with Crippen molar-refractivity contribution in [3.63, 3.8) is 0 Å². The summed E-state index contributed by atoms with van der Waals surface area (Å²) in [5.74, 6) is -0.210. The molecule has 1 aliphatic rings. The Morgan fingerprint density at radius 3 is 2.83 bits per heavy atom. The van der Waals surface area contributed by atoms with Crippen LogP contribution >= 0.6 is 0 Å². The van der Waals surface area contributed by atoms with E-state index in [2.05, 4.69) is 10.1 Å². The van der Waals surface area contributed by atoms with E-state index in [1.54, 1.807) is 23.1 Å². The largest absolute Gasteiger partial charge is 0.482 e. The molecule has 0 saturated carbocycles. The highest BCUT2D eigenvalue weighted by Gasteiger charge is 2.25. The first kappa shape index (κ1) is 16.8. The second-order valence-electron chi connectivity index (χ2n) is 5.14. The van der Waals surface area contributed by atoms with Gasteiger partial charge in [-0.25, -0.2) is 0 Å². The Balaban J connectivity index is 2.09. The maximum absolute atomic E-state index is 12.0. The van der Waals surface area contributed by atoms with Gasteiger partial charge in [0, 0.05) is 18.7 Å². The molecule has 1 aromatic carbocycles. The van der Waals surface area contributed by atoms with Crippen molar-refractivity contribution < 1.29 is 23.9 Å². The molecule has 0 unspecified atom stereocenters. The Kier molecular flexibility index (Phi) is 5.56. The normalized spacial score (nSPS) is 13.1. The van der Waals surface area contributed by atoms with Crippen molar-refractivity contribution in [3.05, 3.63) is 18.2 Å². The van der Waals surface area contributed by atoms with Crippen molar-refractivity contribution in [2.75, 3.05) is 30.5 Å². The lowest BCUT2D eigenvalue weighted by atomic mass is 10.2. The van der Waals surface area contributed by atoms with Crippen LogP contribution in [0.2, 0.25) is 0 Å². The summed E-state index contributed by atoms with van der Waals surface area (Å²) in [6, 6.07) is 5.13. The minimum Gasteiger partial charge on any atom is -0.482 e. The predicted molar refractivity (Wildman–Crippen MR) is 84.5 cm³/mol. The summed E-state index contributed by atoms with van der Waals surface area (Å²) in [6.45, 7) is 2.60. The van der Waals surface area contributed by atoms with Gasteiger partial charge >= 0.3 is 5.97 Å². The standard InChI is InChI=1S/C16H20N2O5/c1-3-8-18-12-9-11(4-5-13(12)23-10-15(18)20)17-14(19)6-7-16(21)22-2/h4-5,9H,3,6-8,10H2,1-2H3,(H,17,19). The van der Waals surface area contributed by atoms with Gasteiger partial charge in [-0.05, 0) is 24.6 Å². The second-order valence-corrected chi connectivity index (χ2v) is 5.14. The summed E-state index contributed by atoms with van der Waals surface area (Å²) in [4.78, 5) is 36.5. The van der Waals surface area contributed by atoms with Gasteiger partial charge in [-0.15, -0.1) is 0 Å². The van der Waals surface area contributed by atoms with Crippen molar-refractivity contribution in [2.45, 2.75) is 26.2 Å². The number of amides is 2. The first-order valence-electron chi connectivity index (χ1n) is 7.49. The number of nitrogens with zero attached hydrogens (tertiary/aromatic N) is 1. The first-order valence-corrected chi connectivity index (χ1v) is 7.49. The molecule has 1 heterocycles. The van der Waals surface area contributed by atoms with Crippen LogP contribution < -0.4 is 15.0 Å². The van der Waals surface area contributed by atoms with Crippen LogP contribution in [0.5, 0.6) is 5.75 Å². The zero-order valence-electron chi connectivity index (χ0n) is 13.3. The molecule has 0 saturated heterocycles. The zero-order valence-corrected chi connectivity index (χ0v) is 13.3. The van der Waals surface area contributed by atoms with E-state index in [1.165, 1.54) is 7.11 Å². The quantitative estimate of drug-likeness (QED) is 0.807. The van der Waals surface area contributed by atoms with Crippen LogP contribution in [0.1, 0.15) is 26.2 Å². The zero-order chi connectivity index (χ0) is 16.8. The van der Waals surface area contributed by atoms with Gasteiger partial charge in [-0.2, -0.15) is 0 Å². The second kappa shape index (κ2) is 7.62. The molecule has 0 atom stereocenters. The molecule has 23 heavy (non-hydrogen) atoms. The van der Waals surface area contributed by atoms with Gasteiger partial charge in [0.2, 0.25) is 5.91 Å². The number of hydrogen-bond acceptors (Lipinski definition) is 5. The van der Waals surface area contributed by atoms with E-state index < -0.39 is 5.97 Å². The predicted octanol–water partition coefficient (Wildman–Crippen LogP) is 1.71. The molecule has 1 aliphatic heterocycles. The average molecular weight is 320 g/mol. The Morgan fingerprint density at radius 1 is 1.35 bits per heavy atom. The van der Waals surface area contributed by atoms with Gasteiger partial charge in [0.15, 0.2) is 6.61 Å². The number of anilines is 2. The lowest BCUT2D eigenvalue weighted by molar-refractivity contribution is -0.141. The lowest BCUT2D eigenvalue weighted by Crippen LogP contribution is -2.39. The number of ether oxygens (including phenoxy) is 2. The molecule has 0 bridgehead atoms. The third-order valence-corrected chi connectivity index (χ3v) is 3.42. The van der Waals surface area contributed by atoms with E-state index in [-0.39, 0.29) is 31.3 Å². The van der Waals surface area contributed by atoms with Crippen LogP contribution in [0.25, 0.3) is 0 Å². The fourth-order valence-electron chi connectivity index (χ4n) is 2.29. The van der Waals surface area contributed by atoms with Gasteiger partial charge < -0.3 is 19.7 Å². The molecule has 0 spiro atoms. The molecule has 124 valence electrons. The van der Waals surface area contributed by atoms with E-state index in [1.807, 2.05) is 6.92 Å². The van der Waals surface area contributed by atoms with Gasteiger partial charge in [0.05, 0.1) is 19.2 Å². The first-order chi connectivity index (χ1) is 11.0. The molecule has 0 aromatic heterocycles. The SMILES string of the molecule is CCCN1C(=O)COc2ccc(NC(=O)CCC(=O)OC)cc21. The number of esters is 1. The molecule has 1 aromatic rings. The Morgan fingerprint density at radius 2 is 2.13 bits per heavy atom. The van der Waals surface area contributed by atoms with Crippen molar-refractivity contribution in [1.29, 1.82) is 0 Å². The molecule has 7 heteroatoms. The van der Waals surface area contributed by atoms with Gasteiger partial charge in [0.25, 0.3) is 5.91 Å². The number of fused-ring (bicyclic) bond motifs is 1. The van der Waals surface area contributed by atoms with Crippen molar-refractivity contribution in [1.82, 2.24) is 0 Å². The van der Waals surface area contributed by atoms with Crippen LogP contribution in [0.4, 0.5) is 11.4 Å². The molecule has 0 radical (unpaired) electrons. The fourth-order valence-corrected chi connectivity index (χ4v) is 2.29. The maximum Gasteiger partial charge on any atom is 0.306 e. The summed E-state index contributed by atoms with van der Waals surface area (Å²) in [7, 11) is 1.28. The highest BCUT2D eigenvalue weighted by molar-refractivity contribution is 5.99. The van der Waals surface area contributed by atoms with Gasteiger partial charge in [-0.3, -0.25) is 14.4 Å². The third kappa shape index (κ3) is 4.21. The third-order valence-electron chi connectivity index (χ3n) is 3.42. The fraction of sp³-hybridized carbons (Fsp3) is 0.438. The monoisotopic (exact) mass is 320 g/mol. The topological polar surface area (TPSA) is 84.9 Å². The molecule has 7 nitrogen and oxygen atoms in total. The van der Waals surface area contributed by atoms with Crippen LogP contribution in [0.15, 0.2) is 18.2 Å². The number of methoxy groups -OCH3 is 1. The summed E-state index contributed by atoms with van der Waals surface area (Å²) < 4.78 is 9.90. The van der Waals surface area contributed by atoms with Gasteiger partial charge in [0.1, 0.15) is 5.75 Å². The highest BCUT2D eigenvalue weighted by Crippen LogP contribution is 2.34. The van der Waals surface area contributed by atoms with Crippen LogP contribution in [0, 0.1) is 0 Å². The minimum atomic E-state index is -0.432. The molecular weight excluding hydrogens is 300 g/mol. The van der Waals surface area contributed by atoms with E-state index in [0.717, 1.165) is 6.42 Å². The van der Waals surface area contributed by atoms with Crippen molar-refractivity contribution >= 4 is 29.2 Å². The molecule has 1 N–H and O–H groups in total. The molecular formula is C16H20N2O5. The Bertz CT molecular complexity index is 614. The van der Waals surface area contributed by atoms with Gasteiger partial charge in [-0.1, -0.05) is 6.92 Å². The smallest absolute Gasteiger partial charge is 0.306 e. The number of carbonyl (C=O) groups is 3. The molecule has 2 rings (SSSR count). The average Bonchev–Trinajstić information content (AvgIpc) is 2.55. The summed E-state index contributed by atoms with van der Waals surface area (Å²) >= 11 is 0. The van der Waals surface area contributed by atoms with Crippen molar-refractivity contribution in [3.8, 4) is 5.75 Å². The van der Waals surface area contributed by atoms with Crippen LogP contribution in [-0.2, 0) is 19.1 Å². The minimum absolute atomic E-state index is 0.0246. The summed E-state index contributed by atoms with van der Waals surface area (Å²) in [5.41, 5.74) is 1.20. The maximum atomic E-state index is 12.0. The summed E-state index contributed by atoms with van der Waals surface area (Å²) in [6.07, 6.45) is 0.885. The molecule has 0 fully saturated rings. The van der Waals surface area contributed by atoms with Crippen LogP contribution in [-0.4, -0.2) is 38.0 Å². The number of hydrogen-bond donors (Lipinski definition) is 1.